The predicted octanol–water partition coefficient (Wildman–Crippen LogP) is 3.21. The first-order chi connectivity index (χ1) is 8.62. The molecule has 1 amide bonds. The molecule has 0 aliphatic carbocycles. The summed E-state index contributed by atoms with van der Waals surface area (Å²) >= 11 is 5.80. The summed E-state index contributed by atoms with van der Waals surface area (Å²) in [6.07, 6.45) is 0.222. The van der Waals surface area contributed by atoms with Crippen molar-refractivity contribution in [3.63, 3.8) is 0 Å². The van der Waals surface area contributed by atoms with Crippen LogP contribution in [0.1, 0.15) is 31.7 Å². The first kappa shape index (κ1) is 14.5. The number of nitriles is 1. The molecule has 0 aromatic heterocycles. The molecule has 96 valence electrons. The van der Waals surface area contributed by atoms with Crippen LogP contribution in [0.5, 0.6) is 0 Å². The number of halogens is 1. The normalized spacial score (nSPS) is 11.7. The predicted molar refractivity (Wildman–Crippen MR) is 72.4 cm³/mol. The fraction of sp³-hybridized carbons (Fsp3) is 0.429. The molecule has 0 radical (unpaired) electrons. The van der Waals surface area contributed by atoms with Gasteiger partial charge in [-0.25, -0.2) is 0 Å². The van der Waals surface area contributed by atoms with E-state index < -0.39 is 5.92 Å². The highest BCUT2D eigenvalue weighted by molar-refractivity contribution is 6.30. The van der Waals surface area contributed by atoms with Crippen molar-refractivity contribution in [1.82, 2.24) is 4.90 Å². The van der Waals surface area contributed by atoms with E-state index in [4.69, 9.17) is 11.6 Å². The first-order valence-corrected chi connectivity index (χ1v) is 6.43. The van der Waals surface area contributed by atoms with E-state index in [1.54, 1.807) is 29.2 Å². The largest absolute Gasteiger partial charge is 0.343 e. The molecule has 0 spiro atoms. The quantitative estimate of drug-likeness (QED) is 0.820. The minimum absolute atomic E-state index is 0.0153. The van der Waals surface area contributed by atoms with Gasteiger partial charge in [0, 0.05) is 24.5 Å². The third kappa shape index (κ3) is 3.75. The van der Waals surface area contributed by atoms with E-state index in [1.165, 1.54) is 0 Å². The van der Waals surface area contributed by atoms with Gasteiger partial charge in [0.15, 0.2) is 0 Å². The van der Waals surface area contributed by atoms with Gasteiger partial charge in [0.2, 0.25) is 5.91 Å². The van der Waals surface area contributed by atoms with Crippen molar-refractivity contribution in [1.29, 1.82) is 5.26 Å². The Morgan fingerprint density at radius 1 is 1.33 bits per heavy atom. The summed E-state index contributed by atoms with van der Waals surface area (Å²) in [5, 5.41) is 9.80. The van der Waals surface area contributed by atoms with E-state index in [9.17, 15) is 10.1 Å². The lowest BCUT2D eigenvalue weighted by Crippen LogP contribution is -2.31. The summed E-state index contributed by atoms with van der Waals surface area (Å²) in [4.78, 5) is 13.7. The molecule has 0 saturated carbocycles. The zero-order valence-corrected chi connectivity index (χ0v) is 11.4. The summed E-state index contributed by atoms with van der Waals surface area (Å²) < 4.78 is 0. The summed E-state index contributed by atoms with van der Waals surface area (Å²) in [6.45, 7) is 5.22. The lowest BCUT2D eigenvalue weighted by molar-refractivity contribution is -0.130. The summed E-state index contributed by atoms with van der Waals surface area (Å²) in [6, 6.07) is 9.25. The Balaban J connectivity index is 2.77. The Morgan fingerprint density at radius 2 is 1.89 bits per heavy atom. The molecule has 0 bridgehead atoms. The molecular formula is C14H17ClN2O. The Bertz CT molecular complexity index is 432. The molecule has 18 heavy (non-hydrogen) atoms. The molecule has 3 nitrogen and oxygen atoms in total. The molecule has 0 heterocycles. The van der Waals surface area contributed by atoms with E-state index >= 15 is 0 Å². The minimum atomic E-state index is -0.407. The number of benzene rings is 1. The molecule has 4 heteroatoms. The van der Waals surface area contributed by atoms with Gasteiger partial charge >= 0.3 is 0 Å². The van der Waals surface area contributed by atoms with E-state index in [1.807, 2.05) is 13.8 Å². The summed E-state index contributed by atoms with van der Waals surface area (Å²) in [5.41, 5.74) is 0.836. The Kier molecular flexibility index (Phi) is 5.67. The van der Waals surface area contributed by atoms with Gasteiger partial charge in [-0.15, -0.1) is 0 Å². The van der Waals surface area contributed by atoms with Gasteiger partial charge in [0.25, 0.3) is 0 Å². The number of nitrogens with zero attached hydrogens (tertiary/aromatic N) is 2. The van der Waals surface area contributed by atoms with Crippen molar-refractivity contribution in [2.24, 2.45) is 0 Å². The van der Waals surface area contributed by atoms with Crippen LogP contribution in [0.3, 0.4) is 0 Å². The minimum Gasteiger partial charge on any atom is -0.343 e. The maximum Gasteiger partial charge on any atom is 0.224 e. The lowest BCUT2D eigenvalue weighted by Gasteiger charge is -2.20. The Morgan fingerprint density at radius 3 is 2.33 bits per heavy atom. The third-order valence-electron chi connectivity index (χ3n) is 2.92. The molecule has 0 aliphatic rings. The molecule has 0 aliphatic heterocycles. The van der Waals surface area contributed by atoms with E-state index in [0.29, 0.717) is 18.1 Å². The van der Waals surface area contributed by atoms with Gasteiger partial charge in [-0.1, -0.05) is 23.7 Å². The van der Waals surface area contributed by atoms with E-state index in [2.05, 4.69) is 6.07 Å². The second kappa shape index (κ2) is 7.03. The topological polar surface area (TPSA) is 44.1 Å². The van der Waals surface area contributed by atoms with Crippen LogP contribution in [0.15, 0.2) is 24.3 Å². The first-order valence-electron chi connectivity index (χ1n) is 6.05. The molecular weight excluding hydrogens is 248 g/mol. The van der Waals surface area contributed by atoms with Gasteiger partial charge < -0.3 is 4.90 Å². The van der Waals surface area contributed by atoms with Crippen LogP contribution in [0.4, 0.5) is 0 Å². The molecule has 1 aromatic carbocycles. The highest BCUT2D eigenvalue weighted by Crippen LogP contribution is 2.21. The van der Waals surface area contributed by atoms with E-state index in [0.717, 1.165) is 5.56 Å². The molecule has 1 unspecified atom stereocenters. The van der Waals surface area contributed by atoms with Crippen LogP contribution < -0.4 is 0 Å². The zero-order chi connectivity index (χ0) is 13.5. The molecule has 1 atom stereocenters. The highest BCUT2D eigenvalue weighted by Gasteiger charge is 2.18. The van der Waals surface area contributed by atoms with Crippen molar-refractivity contribution in [2.45, 2.75) is 26.2 Å². The second-order valence-corrected chi connectivity index (χ2v) is 4.44. The second-order valence-electron chi connectivity index (χ2n) is 4.00. The Hall–Kier alpha value is -1.53. The molecule has 1 aromatic rings. The summed E-state index contributed by atoms with van der Waals surface area (Å²) in [5.74, 6) is -0.392. The van der Waals surface area contributed by atoms with Gasteiger partial charge in [-0.3, -0.25) is 4.79 Å². The Labute approximate surface area is 113 Å². The maximum absolute atomic E-state index is 12.0. The van der Waals surface area contributed by atoms with Crippen molar-refractivity contribution in [3.8, 4) is 6.07 Å². The molecule has 1 rings (SSSR count). The summed E-state index contributed by atoms with van der Waals surface area (Å²) in [7, 11) is 0. The lowest BCUT2D eigenvalue weighted by atomic mass is 9.96. The van der Waals surface area contributed by atoms with Crippen LogP contribution >= 0.6 is 11.6 Å². The highest BCUT2D eigenvalue weighted by atomic mass is 35.5. The molecule has 0 saturated heterocycles. The number of carbonyl (C=O) groups excluding carboxylic acids is 1. The third-order valence-corrected chi connectivity index (χ3v) is 3.18. The van der Waals surface area contributed by atoms with E-state index in [-0.39, 0.29) is 12.3 Å². The number of amides is 1. The van der Waals surface area contributed by atoms with Crippen LogP contribution in [0, 0.1) is 11.3 Å². The standard InChI is InChI=1S/C14H17ClN2O/c1-3-17(4-2)14(18)9-12(10-16)11-5-7-13(15)8-6-11/h5-8,12H,3-4,9H2,1-2H3. The SMILES string of the molecule is CCN(CC)C(=O)CC(C#N)c1ccc(Cl)cc1. The van der Waals surface area contributed by atoms with Crippen molar-refractivity contribution in [3.05, 3.63) is 34.9 Å². The number of hydrogen-bond donors (Lipinski definition) is 0. The van der Waals surface area contributed by atoms with Crippen LogP contribution in [0.2, 0.25) is 5.02 Å². The van der Waals surface area contributed by atoms with Crippen LogP contribution in [-0.4, -0.2) is 23.9 Å². The van der Waals surface area contributed by atoms with Gasteiger partial charge in [0.05, 0.1) is 12.0 Å². The smallest absolute Gasteiger partial charge is 0.224 e. The fourth-order valence-electron chi connectivity index (χ4n) is 1.81. The van der Waals surface area contributed by atoms with Crippen molar-refractivity contribution in [2.75, 3.05) is 13.1 Å². The van der Waals surface area contributed by atoms with Crippen LogP contribution in [-0.2, 0) is 4.79 Å². The average Bonchev–Trinajstić information content (AvgIpc) is 2.38. The fourth-order valence-corrected chi connectivity index (χ4v) is 1.94. The number of rotatable bonds is 5. The van der Waals surface area contributed by atoms with Crippen molar-refractivity contribution < 1.29 is 4.79 Å². The number of carbonyl (C=O) groups is 1. The monoisotopic (exact) mass is 264 g/mol. The zero-order valence-electron chi connectivity index (χ0n) is 10.7. The average molecular weight is 265 g/mol. The van der Waals surface area contributed by atoms with Crippen LogP contribution in [0.25, 0.3) is 0 Å². The van der Waals surface area contributed by atoms with Gasteiger partial charge in [0.1, 0.15) is 0 Å². The maximum atomic E-state index is 12.0. The van der Waals surface area contributed by atoms with Gasteiger partial charge in [-0.05, 0) is 31.5 Å². The molecule has 0 fully saturated rings. The van der Waals surface area contributed by atoms with Gasteiger partial charge in [-0.2, -0.15) is 5.26 Å². The number of hydrogen-bond acceptors (Lipinski definition) is 2. The molecule has 0 N–H and O–H groups in total. The van der Waals surface area contributed by atoms with Crippen molar-refractivity contribution >= 4 is 17.5 Å².